The molecule has 1 aliphatic heterocycles. The molecular formula is C10H19N3OS. The van der Waals surface area contributed by atoms with Crippen molar-refractivity contribution in [3.05, 3.63) is 0 Å². The summed E-state index contributed by atoms with van der Waals surface area (Å²) in [6.07, 6.45) is 2.96. The van der Waals surface area contributed by atoms with E-state index in [9.17, 15) is 4.79 Å². The number of hydrogen-bond acceptors (Lipinski definition) is 2. The van der Waals surface area contributed by atoms with Crippen molar-refractivity contribution < 1.29 is 4.79 Å². The third kappa shape index (κ3) is 4.46. The van der Waals surface area contributed by atoms with Crippen LogP contribution in [0.25, 0.3) is 0 Å². The maximum Gasteiger partial charge on any atom is 0.242 e. The van der Waals surface area contributed by atoms with Crippen LogP contribution < -0.4 is 16.0 Å². The van der Waals surface area contributed by atoms with Gasteiger partial charge < -0.3 is 16.0 Å². The molecule has 0 aromatic heterocycles. The molecule has 0 unspecified atom stereocenters. The molecule has 1 rings (SSSR count). The molecule has 5 heteroatoms. The Hall–Kier alpha value is -0.840. The van der Waals surface area contributed by atoms with Gasteiger partial charge in [-0.15, -0.1) is 0 Å². The van der Waals surface area contributed by atoms with Crippen molar-refractivity contribution in [2.75, 3.05) is 6.54 Å². The zero-order chi connectivity index (χ0) is 11.3. The lowest BCUT2D eigenvalue weighted by Crippen LogP contribution is -2.50. The van der Waals surface area contributed by atoms with Gasteiger partial charge >= 0.3 is 0 Å². The Balaban J connectivity index is 2.41. The van der Waals surface area contributed by atoms with Crippen LogP contribution in [0.2, 0.25) is 0 Å². The molecule has 1 atom stereocenters. The van der Waals surface area contributed by atoms with E-state index >= 15 is 0 Å². The first-order chi connectivity index (χ1) is 7.09. The maximum atomic E-state index is 11.6. The monoisotopic (exact) mass is 229 g/mol. The third-order valence-corrected chi connectivity index (χ3v) is 2.50. The number of carbonyl (C=O) groups is 1. The van der Waals surface area contributed by atoms with Crippen LogP contribution >= 0.6 is 12.2 Å². The van der Waals surface area contributed by atoms with Crippen molar-refractivity contribution in [3.8, 4) is 0 Å². The SMILES string of the molecule is CC(C)NC(=S)N[C@H]1CCCCNC1=O. The summed E-state index contributed by atoms with van der Waals surface area (Å²) < 4.78 is 0. The zero-order valence-corrected chi connectivity index (χ0v) is 10.1. The summed E-state index contributed by atoms with van der Waals surface area (Å²) in [6, 6.07) is 0.116. The van der Waals surface area contributed by atoms with Gasteiger partial charge in [-0.3, -0.25) is 4.79 Å². The fourth-order valence-electron chi connectivity index (χ4n) is 1.54. The molecule has 1 heterocycles. The summed E-state index contributed by atoms with van der Waals surface area (Å²) >= 11 is 5.11. The molecule has 0 aliphatic carbocycles. The first kappa shape index (κ1) is 12.2. The quantitative estimate of drug-likeness (QED) is 0.605. The van der Waals surface area contributed by atoms with Crippen LogP contribution in [0, 0.1) is 0 Å². The van der Waals surface area contributed by atoms with Crippen molar-refractivity contribution in [3.63, 3.8) is 0 Å². The lowest BCUT2D eigenvalue weighted by molar-refractivity contribution is -0.122. The molecule has 3 N–H and O–H groups in total. The van der Waals surface area contributed by atoms with Crippen molar-refractivity contribution in [2.45, 2.75) is 45.2 Å². The molecular weight excluding hydrogens is 210 g/mol. The predicted molar refractivity (Wildman–Crippen MR) is 64.7 cm³/mol. The van der Waals surface area contributed by atoms with E-state index in [2.05, 4.69) is 16.0 Å². The van der Waals surface area contributed by atoms with Gasteiger partial charge in [0.15, 0.2) is 5.11 Å². The van der Waals surface area contributed by atoms with Gasteiger partial charge in [0.1, 0.15) is 6.04 Å². The summed E-state index contributed by atoms with van der Waals surface area (Å²) in [5.74, 6) is 0.0559. The van der Waals surface area contributed by atoms with Crippen LogP contribution in [0.5, 0.6) is 0 Å². The molecule has 0 bridgehead atoms. The average molecular weight is 229 g/mol. The highest BCUT2D eigenvalue weighted by molar-refractivity contribution is 7.80. The Kier molecular flexibility index (Phi) is 4.81. The van der Waals surface area contributed by atoms with Gasteiger partial charge in [-0.05, 0) is 45.3 Å². The van der Waals surface area contributed by atoms with Gasteiger partial charge in [-0.1, -0.05) is 0 Å². The molecule has 0 radical (unpaired) electrons. The molecule has 0 saturated carbocycles. The van der Waals surface area contributed by atoms with E-state index in [4.69, 9.17) is 12.2 Å². The highest BCUT2D eigenvalue weighted by Crippen LogP contribution is 2.05. The van der Waals surface area contributed by atoms with E-state index in [0.29, 0.717) is 11.2 Å². The maximum absolute atomic E-state index is 11.6. The summed E-state index contributed by atoms with van der Waals surface area (Å²) in [6.45, 7) is 4.81. The fraction of sp³-hybridized carbons (Fsp3) is 0.800. The van der Waals surface area contributed by atoms with Crippen LogP contribution in [-0.2, 0) is 4.79 Å². The minimum absolute atomic E-state index is 0.0559. The number of carbonyl (C=O) groups excluding carboxylic acids is 1. The number of thiocarbonyl (C=S) groups is 1. The van der Waals surface area contributed by atoms with E-state index < -0.39 is 0 Å². The second kappa shape index (κ2) is 5.90. The van der Waals surface area contributed by atoms with Crippen LogP contribution in [0.1, 0.15) is 33.1 Å². The Morgan fingerprint density at radius 3 is 2.93 bits per heavy atom. The van der Waals surface area contributed by atoms with Crippen LogP contribution in [-0.4, -0.2) is 29.6 Å². The van der Waals surface area contributed by atoms with Crippen molar-refractivity contribution in [1.82, 2.24) is 16.0 Å². The van der Waals surface area contributed by atoms with Gasteiger partial charge in [0.05, 0.1) is 0 Å². The fourth-order valence-corrected chi connectivity index (χ4v) is 1.92. The molecule has 86 valence electrons. The van der Waals surface area contributed by atoms with E-state index in [-0.39, 0.29) is 11.9 Å². The Morgan fingerprint density at radius 2 is 2.27 bits per heavy atom. The third-order valence-electron chi connectivity index (χ3n) is 2.26. The lowest BCUT2D eigenvalue weighted by Gasteiger charge is -2.19. The van der Waals surface area contributed by atoms with Crippen LogP contribution in [0.4, 0.5) is 0 Å². The lowest BCUT2D eigenvalue weighted by atomic mass is 10.1. The number of amides is 1. The second-order valence-corrected chi connectivity index (χ2v) is 4.52. The first-order valence-electron chi connectivity index (χ1n) is 5.44. The summed E-state index contributed by atoms with van der Waals surface area (Å²) in [4.78, 5) is 11.6. The topological polar surface area (TPSA) is 53.2 Å². The largest absolute Gasteiger partial charge is 0.361 e. The minimum atomic E-state index is -0.175. The highest BCUT2D eigenvalue weighted by atomic mass is 32.1. The van der Waals surface area contributed by atoms with Crippen molar-refractivity contribution in [2.24, 2.45) is 0 Å². The van der Waals surface area contributed by atoms with Crippen LogP contribution in [0.3, 0.4) is 0 Å². The molecule has 4 nitrogen and oxygen atoms in total. The molecule has 1 saturated heterocycles. The van der Waals surface area contributed by atoms with Gasteiger partial charge in [0, 0.05) is 12.6 Å². The molecule has 15 heavy (non-hydrogen) atoms. The van der Waals surface area contributed by atoms with Gasteiger partial charge in [0.2, 0.25) is 5.91 Å². The molecule has 1 fully saturated rings. The smallest absolute Gasteiger partial charge is 0.242 e. The summed E-state index contributed by atoms with van der Waals surface area (Å²) in [5, 5.41) is 9.55. The molecule has 0 spiro atoms. The first-order valence-corrected chi connectivity index (χ1v) is 5.85. The van der Waals surface area contributed by atoms with Gasteiger partial charge in [0.25, 0.3) is 0 Å². The average Bonchev–Trinajstić information content (AvgIpc) is 2.30. The second-order valence-electron chi connectivity index (χ2n) is 4.11. The molecule has 0 aromatic rings. The van der Waals surface area contributed by atoms with E-state index in [1.165, 1.54) is 0 Å². The number of rotatable bonds is 2. The summed E-state index contributed by atoms with van der Waals surface area (Å²) in [7, 11) is 0. The zero-order valence-electron chi connectivity index (χ0n) is 9.30. The normalized spacial score (nSPS) is 21.8. The standard InChI is InChI=1S/C10H19N3OS/c1-7(2)12-10(15)13-8-5-3-4-6-11-9(8)14/h7-8H,3-6H2,1-2H3,(H,11,14)(H2,12,13,15)/t8-/m0/s1. The number of nitrogens with one attached hydrogen (secondary N) is 3. The van der Waals surface area contributed by atoms with Crippen LogP contribution in [0.15, 0.2) is 0 Å². The highest BCUT2D eigenvalue weighted by Gasteiger charge is 2.20. The Labute approximate surface area is 96.2 Å². The van der Waals surface area contributed by atoms with Crippen molar-refractivity contribution >= 4 is 23.2 Å². The van der Waals surface area contributed by atoms with E-state index in [1.807, 2.05) is 13.8 Å². The van der Waals surface area contributed by atoms with Gasteiger partial charge in [-0.25, -0.2) is 0 Å². The molecule has 1 aliphatic rings. The minimum Gasteiger partial charge on any atom is -0.361 e. The Morgan fingerprint density at radius 1 is 1.53 bits per heavy atom. The van der Waals surface area contributed by atoms with E-state index in [1.54, 1.807) is 0 Å². The van der Waals surface area contributed by atoms with E-state index in [0.717, 1.165) is 25.8 Å². The molecule has 1 amide bonds. The summed E-state index contributed by atoms with van der Waals surface area (Å²) in [5.41, 5.74) is 0. The van der Waals surface area contributed by atoms with Gasteiger partial charge in [-0.2, -0.15) is 0 Å². The Bertz CT molecular complexity index is 243. The predicted octanol–water partition coefficient (Wildman–Crippen LogP) is 0.528. The number of hydrogen-bond donors (Lipinski definition) is 3. The molecule has 0 aromatic carbocycles. The van der Waals surface area contributed by atoms with Crippen molar-refractivity contribution in [1.29, 1.82) is 0 Å².